The number of hydrogen-bond acceptors (Lipinski definition) is 7. The number of hydrogen-bond donors (Lipinski definition) is 3. The Morgan fingerprint density at radius 2 is 1.86 bits per heavy atom. The zero-order chi connectivity index (χ0) is 15.4. The molecule has 2 rings (SSSR count). The van der Waals surface area contributed by atoms with Gasteiger partial charge in [-0.25, -0.2) is 5.84 Å². The molecule has 21 heavy (non-hydrogen) atoms. The molecule has 1 saturated carbocycles. The summed E-state index contributed by atoms with van der Waals surface area (Å²) in [6, 6.07) is 0.653. The van der Waals surface area contributed by atoms with Crippen molar-refractivity contribution in [2.75, 3.05) is 10.7 Å². The van der Waals surface area contributed by atoms with Crippen LogP contribution in [0.1, 0.15) is 47.0 Å². The molecule has 1 aromatic heterocycles. The Balaban J connectivity index is 2.14. The van der Waals surface area contributed by atoms with Gasteiger partial charge in [-0.05, 0) is 32.1 Å². The minimum atomic E-state index is -0.000462. The van der Waals surface area contributed by atoms with Crippen LogP contribution in [-0.4, -0.2) is 27.1 Å². The van der Waals surface area contributed by atoms with E-state index in [1.54, 1.807) is 0 Å². The van der Waals surface area contributed by atoms with E-state index in [4.69, 9.17) is 10.6 Å². The molecule has 3 unspecified atom stereocenters. The summed E-state index contributed by atoms with van der Waals surface area (Å²) >= 11 is 0. The lowest BCUT2D eigenvalue weighted by molar-refractivity contribution is 0.221. The van der Waals surface area contributed by atoms with E-state index in [1.807, 2.05) is 13.8 Å². The molecule has 1 aliphatic rings. The van der Waals surface area contributed by atoms with Gasteiger partial charge >= 0.3 is 6.01 Å². The van der Waals surface area contributed by atoms with Crippen molar-refractivity contribution < 1.29 is 4.74 Å². The van der Waals surface area contributed by atoms with E-state index in [0.29, 0.717) is 29.8 Å². The minimum Gasteiger partial charge on any atom is -0.461 e. The van der Waals surface area contributed by atoms with Crippen molar-refractivity contribution in [1.82, 2.24) is 15.0 Å². The molecule has 0 saturated heterocycles. The molecular formula is C14H26N6O. The zero-order valence-corrected chi connectivity index (χ0v) is 13.3. The number of rotatable bonds is 5. The molecule has 0 radical (unpaired) electrons. The number of anilines is 2. The van der Waals surface area contributed by atoms with Gasteiger partial charge in [0.25, 0.3) is 0 Å². The lowest BCUT2D eigenvalue weighted by Gasteiger charge is -2.34. The first-order valence-electron chi connectivity index (χ1n) is 7.65. The maximum absolute atomic E-state index is 5.54. The van der Waals surface area contributed by atoms with E-state index < -0.39 is 0 Å². The van der Waals surface area contributed by atoms with Crippen LogP contribution in [0.4, 0.5) is 11.9 Å². The van der Waals surface area contributed by atoms with Crippen molar-refractivity contribution in [1.29, 1.82) is 0 Å². The van der Waals surface area contributed by atoms with Gasteiger partial charge in [0.2, 0.25) is 11.9 Å². The average Bonchev–Trinajstić information content (AvgIpc) is 2.43. The molecule has 7 heteroatoms. The highest BCUT2D eigenvalue weighted by Crippen LogP contribution is 2.31. The van der Waals surface area contributed by atoms with Gasteiger partial charge in [0.05, 0.1) is 6.10 Å². The number of nitrogen functional groups attached to an aromatic ring is 1. The molecule has 1 aliphatic carbocycles. The highest BCUT2D eigenvalue weighted by atomic mass is 16.5. The highest BCUT2D eigenvalue weighted by molar-refractivity contribution is 5.36. The number of aromatic nitrogens is 3. The van der Waals surface area contributed by atoms with Gasteiger partial charge in [-0.2, -0.15) is 15.0 Å². The van der Waals surface area contributed by atoms with Gasteiger partial charge in [0.15, 0.2) is 0 Å². The lowest BCUT2D eigenvalue weighted by atomic mass is 9.78. The van der Waals surface area contributed by atoms with Gasteiger partial charge in [-0.15, -0.1) is 0 Å². The molecule has 7 nitrogen and oxygen atoms in total. The molecule has 0 bridgehead atoms. The number of ether oxygens (including phenoxy) is 1. The van der Waals surface area contributed by atoms with E-state index in [-0.39, 0.29) is 12.1 Å². The van der Waals surface area contributed by atoms with Gasteiger partial charge in [-0.1, -0.05) is 26.7 Å². The largest absolute Gasteiger partial charge is 0.461 e. The standard InChI is InChI=1S/C14H26N6O/c1-8(2)21-14-18-12(17-13(19-14)20-15)16-11-7-5-6-9(3)10(11)4/h8-11H,5-7,15H2,1-4H3,(H2,16,17,18,19,20). The summed E-state index contributed by atoms with van der Waals surface area (Å²) in [6.07, 6.45) is 3.64. The molecule has 0 amide bonds. The molecule has 1 fully saturated rings. The van der Waals surface area contributed by atoms with Crippen LogP contribution in [0.3, 0.4) is 0 Å². The molecule has 1 heterocycles. The lowest BCUT2D eigenvalue weighted by Crippen LogP contribution is -2.35. The molecule has 4 N–H and O–H groups in total. The van der Waals surface area contributed by atoms with Crippen molar-refractivity contribution in [3.05, 3.63) is 0 Å². The van der Waals surface area contributed by atoms with Gasteiger partial charge in [-0.3, -0.25) is 5.43 Å². The molecule has 118 valence electrons. The van der Waals surface area contributed by atoms with Crippen molar-refractivity contribution >= 4 is 11.9 Å². The topological polar surface area (TPSA) is 98.0 Å². The van der Waals surface area contributed by atoms with E-state index in [0.717, 1.165) is 6.42 Å². The van der Waals surface area contributed by atoms with Crippen LogP contribution in [0.2, 0.25) is 0 Å². The van der Waals surface area contributed by atoms with Crippen LogP contribution in [-0.2, 0) is 0 Å². The van der Waals surface area contributed by atoms with Crippen molar-refractivity contribution in [2.24, 2.45) is 17.7 Å². The van der Waals surface area contributed by atoms with Crippen LogP contribution in [0.15, 0.2) is 0 Å². The van der Waals surface area contributed by atoms with Crippen LogP contribution >= 0.6 is 0 Å². The second kappa shape index (κ2) is 6.89. The molecule has 3 atom stereocenters. The Hall–Kier alpha value is -1.63. The van der Waals surface area contributed by atoms with Crippen LogP contribution in [0.5, 0.6) is 6.01 Å². The van der Waals surface area contributed by atoms with Gasteiger partial charge in [0.1, 0.15) is 0 Å². The zero-order valence-electron chi connectivity index (χ0n) is 13.3. The third kappa shape index (κ3) is 4.17. The molecular weight excluding hydrogens is 268 g/mol. The average molecular weight is 294 g/mol. The van der Waals surface area contributed by atoms with Crippen molar-refractivity contribution in [3.8, 4) is 6.01 Å². The quantitative estimate of drug-likeness (QED) is 0.565. The summed E-state index contributed by atoms with van der Waals surface area (Å²) in [5.41, 5.74) is 2.46. The van der Waals surface area contributed by atoms with E-state index in [1.165, 1.54) is 12.8 Å². The summed E-state index contributed by atoms with van der Waals surface area (Å²) in [6.45, 7) is 8.43. The Labute approximate surface area is 126 Å². The third-order valence-electron chi connectivity index (χ3n) is 4.11. The second-order valence-corrected chi connectivity index (χ2v) is 6.09. The van der Waals surface area contributed by atoms with E-state index in [2.05, 4.69) is 39.5 Å². The fourth-order valence-electron chi connectivity index (χ4n) is 2.70. The number of nitrogens with one attached hydrogen (secondary N) is 2. The van der Waals surface area contributed by atoms with Crippen LogP contribution in [0, 0.1) is 11.8 Å². The van der Waals surface area contributed by atoms with E-state index in [9.17, 15) is 0 Å². The number of hydrazine groups is 1. The maximum Gasteiger partial charge on any atom is 0.323 e. The summed E-state index contributed by atoms with van der Waals surface area (Å²) < 4.78 is 5.54. The molecule has 0 aliphatic heterocycles. The van der Waals surface area contributed by atoms with E-state index >= 15 is 0 Å². The Morgan fingerprint density at radius 3 is 2.52 bits per heavy atom. The summed E-state index contributed by atoms with van der Waals surface area (Å²) in [7, 11) is 0. The normalized spacial score (nSPS) is 25.7. The molecule has 1 aromatic rings. The Kier molecular flexibility index (Phi) is 5.17. The minimum absolute atomic E-state index is 0.000462. The van der Waals surface area contributed by atoms with Crippen molar-refractivity contribution in [2.45, 2.75) is 59.1 Å². The smallest absolute Gasteiger partial charge is 0.323 e. The predicted molar refractivity (Wildman–Crippen MR) is 83.0 cm³/mol. The second-order valence-electron chi connectivity index (χ2n) is 6.09. The monoisotopic (exact) mass is 294 g/mol. The highest BCUT2D eigenvalue weighted by Gasteiger charge is 2.27. The fraction of sp³-hybridized carbons (Fsp3) is 0.786. The first kappa shape index (κ1) is 15.8. The van der Waals surface area contributed by atoms with Crippen molar-refractivity contribution in [3.63, 3.8) is 0 Å². The number of nitrogens with zero attached hydrogens (tertiary/aromatic N) is 3. The maximum atomic E-state index is 5.54. The van der Waals surface area contributed by atoms with Crippen LogP contribution < -0.4 is 21.3 Å². The molecule has 0 spiro atoms. The fourth-order valence-corrected chi connectivity index (χ4v) is 2.70. The summed E-state index contributed by atoms with van der Waals surface area (Å²) in [4.78, 5) is 12.7. The van der Waals surface area contributed by atoms with Gasteiger partial charge in [0, 0.05) is 6.04 Å². The summed E-state index contributed by atoms with van der Waals surface area (Å²) in [5, 5.41) is 3.41. The Bertz CT molecular complexity index is 467. The van der Waals surface area contributed by atoms with Crippen LogP contribution in [0.25, 0.3) is 0 Å². The summed E-state index contributed by atoms with van der Waals surface area (Å²) in [5.74, 6) is 7.52. The first-order valence-corrected chi connectivity index (χ1v) is 7.65. The predicted octanol–water partition coefficient (Wildman–Crippen LogP) is 2.18. The Morgan fingerprint density at radius 1 is 1.14 bits per heavy atom. The first-order chi connectivity index (χ1) is 9.99. The molecule has 0 aromatic carbocycles. The SMILES string of the molecule is CC(C)Oc1nc(NN)nc(NC2CCCC(C)C2C)n1. The number of nitrogens with two attached hydrogens (primary N) is 1. The third-order valence-corrected chi connectivity index (χ3v) is 4.11. The van der Waals surface area contributed by atoms with Gasteiger partial charge < -0.3 is 10.1 Å².